The second-order valence-corrected chi connectivity index (χ2v) is 32.8. The van der Waals surface area contributed by atoms with Gasteiger partial charge in [0, 0.05) is 67.7 Å². The maximum absolute atomic E-state index is 2.84. The van der Waals surface area contributed by atoms with E-state index in [-0.39, 0.29) is 39.5 Å². The minimum absolute atomic E-state index is 0.00496. The van der Waals surface area contributed by atoms with Gasteiger partial charge in [0.2, 0.25) is 0 Å². The Bertz CT molecular complexity index is 3450. The molecule has 0 spiro atoms. The summed E-state index contributed by atoms with van der Waals surface area (Å²) in [6.45, 7) is 32.1. The lowest BCUT2D eigenvalue weighted by atomic mass is 9.33. The van der Waals surface area contributed by atoms with Crippen LogP contribution in [0.5, 0.6) is 0 Å². The van der Waals surface area contributed by atoms with Crippen molar-refractivity contribution in [3.63, 3.8) is 0 Å². The summed E-state index contributed by atoms with van der Waals surface area (Å²) in [7, 11) is -1.60. The third-order valence-corrected chi connectivity index (χ3v) is 22.5. The van der Waals surface area contributed by atoms with E-state index >= 15 is 0 Å². The summed E-state index contributed by atoms with van der Waals surface area (Å²) in [6, 6.07) is 58.2. The standard InChI is InChI=1S/C69H79BN4Si/c1-64(2,3)46-27-30-49(31-28-46)72-60-42-50(73-57-35-29-47(65(4,5)6)41-53(57)66(7)37-19-21-39-68(66,73)9)32-34-56(60)70-55-25-17-18-26-59(55)71(48-23-15-14-16-24-48)61-43-51(44-62(72)63(61)70)74-58-36-33-52(75(11,12)13)45-54(58)67(8)38-20-22-40-69(67,74)10/h14-18,23-36,41-45H,19-22,37-40H2,1-13H3. The minimum Gasteiger partial charge on any atom is -0.334 e. The van der Waals surface area contributed by atoms with Crippen LogP contribution in [0.4, 0.5) is 56.9 Å². The molecule has 0 bridgehead atoms. The fraction of sp³-hybridized carbons (Fsp3) is 0.391. The van der Waals surface area contributed by atoms with Gasteiger partial charge < -0.3 is 19.6 Å². The first kappa shape index (κ1) is 48.6. The van der Waals surface area contributed by atoms with Crippen molar-refractivity contribution in [1.82, 2.24) is 0 Å². The molecule has 7 aromatic rings. The molecule has 7 aromatic carbocycles. The molecule has 4 aliphatic heterocycles. The zero-order valence-electron chi connectivity index (χ0n) is 47.4. The number of para-hydroxylation sites is 2. The van der Waals surface area contributed by atoms with Gasteiger partial charge in [0.15, 0.2) is 0 Å². The van der Waals surface area contributed by atoms with Gasteiger partial charge in [0.25, 0.3) is 6.71 Å². The molecule has 2 fully saturated rings. The van der Waals surface area contributed by atoms with Crippen molar-refractivity contribution in [2.45, 2.75) is 173 Å². The molecule has 4 atom stereocenters. The first-order valence-electron chi connectivity index (χ1n) is 28.6. The predicted molar refractivity (Wildman–Crippen MR) is 326 cm³/mol. The van der Waals surface area contributed by atoms with Crippen LogP contribution < -0.4 is 41.2 Å². The Hall–Kier alpha value is -5.98. The zero-order chi connectivity index (χ0) is 52.4. The molecule has 4 heterocycles. The first-order valence-corrected chi connectivity index (χ1v) is 32.1. The summed E-state index contributed by atoms with van der Waals surface area (Å²) in [5.74, 6) is 0. The van der Waals surface area contributed by atoms with Crippen LogP contribution in [0.25, 0.3) is 0 Å². The van der Waals surface area contributed by atoms with Crippen LogP contribution in [0, 0.1) is 0 Å². The van der Waals surface area contributed by atoms with Crippen molar-refractivity contribution in [3.05, 3.63) is 168 Å². The van der Waals surface area contributed by atoms with E-state index in [0.717, 1.165) is 12.8 Å². The largest absolute Gasteiger partial charge is 0.334 e. The molecule has 6 heteroatoms. The van der Waals surface area contributed by atoms with Crippen molar-refractivity contribution in [1.29, 1.82) is 0 Å². The molecule has 4 unspecified atom stereocenters. The fourth-order valence-electron chi connectivity index (χ4n) is 15.6. The molecule has 0 radical (unpaired) electrons. The average molecular weight is 1000 g/mol. The highest BCUT2D eigenvalue weighted by Crippen LogP contribution is 2.64. The SMILES string of the molecule is CC(C)(C)c1ccc(N2c3cc(N4c5ccc(C(C)(C)C)cc5C5(C)CCCCC45C)ccc3B3c4ccccc4N(c4ccccc4)c4cc(N5c6ccc([Si](C)(C)C)cc6C6(C)CCCCC56C)cc2c43)cc1. The van der Waals surface area contributed by atoms with Gasteiger partial charge in [-0.15, -0.1) is 0 Å². The number of benzene rings is 7. The maximum Gasteiger partial charge on any atom is 0.252 e. The molecule has 4 nitrogen and oxygen atoms in total. The predicted octanol–water partition coefficient (Wildman–Crippen LogP) is 16.4. The molecule has 0 saturated heterocycles. The van der Waals surface area contributed by atoms with Crippen LogP contribution in [0.15, 0.2) is 146 Å². The molecule has 382 valence electrons. The van der Waals surface area contributed by atoms with Gasteiger partial charge in [-0.25, -0.2) is 0 Å². The number of rotatable bonds is 5. The Morgan fingerprint density at radius 2 is 0.893 bits per heavy atom. The van der Waals surface area contributed by atoms with E-state index < -0.39 is 8.07 Å². The quantitative estimate of drug-likeness (QED) is 0.159. The van der Waals surface area contributed by atoms with Crippen molar-refractivity contribution in [2.24, 2.45) is 0 Å². The van der Waals surface area contributed by atoms with Crippen LogP contribution in [0.3, 0.4) is 0 Å². The van der Waals surface area contributed by atoms with E-state index in [2.05, 4.69) is 254 Å². The lowest BCUT2D eigenvalue weighted by molar-refractivity contribution is 0.195. The van der Waals surface area contributed by atoms with E-state index in [9.17, 15) is 0 Å². The summed E-state index contributed by atoms with van der Waals surface area (Å²) in [6.07, 6.45) is 9.72. The minimum atomic E-state index is -1.60. The summed E-state index contributed by atoms with van der Waals surface area (Å²) in [4.78, 5) is 10.9. The third kappa shape index (κ3) is 6.85. The summed E-state index contributed by atoms with van der Waals surface area (Å²) >= 11 is 0. The smallest absolute Gasteiger partial charge is 0.252 e. The number of anilines is 10. The molecular formula is C69H79BN4Si. The summed E-state index contributed by atoms with van der Waals surface area (Å²) < 4.78 is 0. The second kappa shape index (κ2) is 16.3. The van der Waals surface area contributed by atoms with Crippen molar-refractivity contribution in [3.8, 4) is 0 Å². The first-order chi connectivity index (χ1) is 35.6. The molecule has 2 aliphatic carbocycles. The van der Waals surface area contributed by atoms with Crippen LogP contribution in [-0.4, -0.2) is 25.9 Å². The molecule has 6 aliphatic rings. The van der Waals surface area contributed by atoms with E-state index in [1.807, 2.05) is 0 Å². The highest BCUT2D eigenvalue weighted by Gasteiger charge is 2.60. The van der Waals surface area contributed by atoms with Gasteiger partial charge in [-0.3, -0.25) is 0 Å². The lowest BCUT2D eigenvalue weighted by Crippen LogP contribution is -2.61. The molecule has 13 rings (SSSR count). The second-order valence-electron chi connectivity index (χ2n) is 27.7. The maximum atomic E-state index is 2.84. The van der Waals surface area contributed by atoms with Gasteiger partial charge in [-0.2, -0.15) is 0 Å². The number of fused-ring (bicyclic) bond motifs is 10. The Morgan fingerprint density at radius 1 is 0.413 bits per heavy atom. The van der Waals surface area contributed by atoms with Gasteiger partial charge in [0.1, 0.15) is 0 Å². The molecule has 2 saturated carbocycles. The summed E-state index contributed by atoms with van der Waals surface area (Å²) in [5, 5.41) is 1.56. The average Bonchev–Trinajstić information content (AvgIpc) is 3.80. The number of nitrogens with zero attached hydrogens (tertiary/aromatic N) is 4. The van der Waals surface area contributed by atoms with E-state index in [0.29, 0.717) is 0 Å². The zero-order valence-corrected chi connectivity index (χ0v) is 48.4. The Labute approximate surface area is 451 Å². The topological polar surface area (TPSA) is 13.0 Å². The number of hydrogen-bond acceptors (Lipinski definition) is 4. The van der Waals surface area contributed by atoms with Crippen molar-refractivity contribution in [2.75, 3.05) is 19.6 Å². The van der Waals surface area contributed by atoms with Gasteiger partial charge in [0.05, 0.1) is 19.2 Å². The van der Waals surface area contributed by atoms with Crippen LogP contribution >= 0.6 is 0 Å². The Morgan fingerprint density at radius 3 is 1.51 bits per heavy atom. The highest BCUT2D eigenvalue weighted by molar-refractivity contribution is 7.00. The van der Waals surface area contributed by atoms with E-state index in [1.165, 1.54) is 128 Å². The van der Waals surface area contributed by atoms with E-state index in [1.54, 1.807) is 10.8 Å². The monoisotopic (exact) mass is 1000 g/mol. The Balaban J connectivity index is 1.11. The molecule has 75 heavy (non-hydrogen) atoms. The molecule has 0 amide bonds. The van der Waals surface area contributed by atoms with Crippen LogP contribution in [0.2, 0.25) is 19.6 Å². The Kier molecular flexibility index (Phi) is 10.6. The third-order valence-electron chi connectivity index (χ3n) is 20.4. The molecular weight excluding hydrogens is 924 g/mol. The fourth-order valence-corrected chi connectivity index (χ4v) is 16.8. The van der Waals surface area contributed by atoms with Crippen LogP contribution in [-0.2, 0) is 21.7 Å². The van der Waals surface area contributed by atoms with Gasteiger partial charge in [-0.1, -0.05) is 185 Å². The molecule has 0 aromatic heterocycles. The number of hydrogen-bond donors (Lipinski definition) is 0. The highest BCUT2D eigenvalue weighted by atomic mass is 28.3. The summed E-state index contributed by atoms with van der Waals surface area (Å²) in [5.41, 5.74) is 22.6. The molecule has 0 N–H and O–H groups in total. The van der Waals surface area contributed by atoms with Crippen molar-refractivity contribution >= 4 is 93.2 Å². The normalized spacial score (nSPS) is 24.5. The van der Waals surface area contributed by atoms with Gasteiger partial charge in [-0.05, 0) is 156 Å². The van der Waals surface area contributed by atoms with Gasteiger partial charge >= 0.3 is 0 Å². The van der Waals surface area contributed by atoms with Crippen molar-refractivity contribution < 1.29 is 0 Å². The lowest BCUT2D eigenvalue weighted by Gasteiger charge is -2.51. The van der Waals surface area contributed by atoms with Crippen LogP contribution in [0.1, 0.15) is 143 Å². The van der Waals surface area contributed by atoms with E-state index in [4.69, 9.17) is 0 Å².